The van der Waals surface area contributed by atoms with Gasteiger partial charge in [-0.05, 0) is 43.3 Å². The van der Waals surface area contributed by atoms with Crippen molar-refractivity contribution in [1.82, 2.24) is 14.8 Å². The van der Waals surface area contributed by atoms with Crippen molar-refractivity contribution in [3.63, 3.8) is 0 Å². The molecule has 0 aliphatic heterocycles. The van der Waals surface area contributed by atoms with Crippen LogP contribution in [0.3, 0.4) is 0 Å². The molecule has 0 fully saturated rings. The topological polar surface area (TPSA) is 47.8 Å². The van der Waals surface area contributed by atoms with Gasteiger partial charge < -0.3 is 4.57 Å². The van der Waals surface area contributed by atoms with Gasteiger partial charge in [-0.1, -0.05) is 51.4 Å². The molecule has 25 heavy (non-hydrogen) atoms. The van der Waals surface area contributed by atoms with Crippen molar-refractivity contribution >= 4 is 45.1 Å². The van der Waals surface area contributed by atoms with E-state index in [2.05, 4.69) is 26.1 Å². The summed E-state index contributed by atoms with van der Waals surface area (Å²) in [6, 6.07) is 14.9. The Morgan fingerprint density at radius 1 is 1.12 bits per heavy atom. The summed E-state index contributed by atoms with van der Waals surface area (Å²) in [5.41, 5.74) is 1.64. The van der Waals surface area contributed by atoms with E-state index in [1.54, 1.807) is 0 Å². The lowest BCUT2D eigenvalue weighted by atomic mass is 10.2. The number of thioether (sulfide) groups is 1. The summed E-state index contributed by atoms with van der Waals surface area (Å²) in [5.74, 6) is 1.16. The molecule has 1 heterocycles. The Hall–Kier alpha value is -1.63. The van der Waals surface area contributed by atoms with Gasteiger partial charge in [0.1, 0.15) is 0 Å². The molecule has 0 bridgehead atoms. The third kappa shape index (κ3) is 4.32. The highest BCUT2D eigenvalue weighted by Crippen LogP contribution is 2.25. The fourth-order valence-electron chi connectivity index (χ4n) is 2.34. The van der Waals surface area contributed by atoms with Crippen LogP contribution in [0.1, 0.15) is 17.3 Å². The van der Waals surface area contributed by atoms with Crippen LogP contribution in [0, 0.1) is 0 Å². The predicted molar refractivity (Wildman–Crippen MR) is 105 cm³/mol. The number of ketones is 1. The zero-order chi connectivity index (χ0) is 17.8. The summed E-state index contributed by atoms with van der Waals surface area (Å²) in [6.45, 7) is 2.75. The molecule has 128 valence electrons. The van der Waals surface area contributed by atoms with Crippen LogP contribution in [0.5, 0.6) is 0 Å². The van der Waals surface area contributed by atoms with Gasteiger partial charge in [0.25, 0.3) is 0 Å². The van der Waals surface area contributed by atoms with Gasteiger partial charge in [0, 0.05) is 27.2 Å². The maximum atomic E-state index is 12.3. The van der Waals surface area contributed by atoms with Gasteiger partial charge in [-0.2, -0.15) is 0 Å². The first-order valence-corrected chi connectivity index (χ1v) is 9.85. The Morgan fingerprint density at radius 3 is 2.44 bits per heavy atom. The van der Waals surface area contributed by atoms with Crippen LogP contribution in [0.2, 0.25) is 5.02 Å². The maximum absolute atomic E-state index is 12.3. The number of Topliss-reactive ketones (excluding diaryl/α,β-unsaturated/α-hetero) is 1. The standard InChI is InChI=1S/C18H15BrClN3OS/c1-2-23-17(13-5-9-15(20)10-6-13)21-22-18(23)25-11-16(24)12-3-7-14(19)8-4-12/h3-10H,2,11H2,1H3. The Labute approximate surface area is 163 Å². The monoisotopic (exact) mass is 435 g/mol. The highest BCUT2D eigenvalue weighted by molar-refractivity contribution is 9.10. The lowest BCUT2D eigenvalue weighted by molar-refractivity contribution is 0.102. The van der Waals surface area contributed by atoms with E-state index in [1.807, 2.05) is 60.0 Å². The molecule has 7 heteroatoms. The number of aromatic nitrogens is 3. The molecule has 3 rings (SSSR count). The van der Waals surface area contributed by atoms with Crippen LogP contribution in [0.4, 0.5) is 0 Å². The number of halogens is 2. The molecule has 0 radical (unpaired) electrons. The molecular formula is C18H15BrClN3OS. The molecule has 4 nitrogen and oxygen atoms in total. The van der Waals surface area contributed by atoms with E-state index in [1.165, 1.54) is 11.8 Å². The second kappa shape index (κ2) is 8.17. The van der Waals surface area contributed by atoms with E-state index in [4.69, 9.17) is 11.6 Å². The van der Waals surface area contributed by atoms with Crippen LogP contribution in [0.25, 0.3) is 11.4 Å². The first kappa shape index (κ1) is 18.2. The number of hydrogen-bond donors (Lipinski definition) is 0. The first-order valence-electron chi connectivity index (χ1n) is 7.69. The molecule has 0 spiro atoms. The molecule has 2 aromatic carbocycles. The van der Waals surface area contributed by atoms with Crippen molar-refractivity contribution in [2.75, 3.05) is 5.75 Å². The summed E-state index contributed by atoms with van der Waals surface area (Å²) >= 11 is 10.7. The Kier molecular flexibility index (Phi) is 5.93. The molecule has 3 aromatic rings. The Balaban J connectivity index is 1.76. The van der Waals surface area contributed by atoms with Crippen LogP contribution in [-0.2, 0) is 6.54 Å². The highest BCUT2D eigenvalue weighted by Gasteiger charge is 2.15. The lowest BCUT2D eigenvalue weighted by Crippen LogP contribution is -2.05. The summed E-state index contributed by atoms with van der Waals surface area (Å²) in [4.78, 5) is 12.3. The number of nitrogens with zero attached hydrogens (tertiary/aromatic N) is 3. The van der Waals surface area contributed by atoms with E-state index in [0.717, 1.165) is 27.6 Å². The van der Waals surface area contributed by atoms with Crippen molar-refractivity contribution in [1.29, 1.82) is 0 Å². The molecular weight excluding hydrogens is 422 g/mol. The van der Waals surface area contributed by atoms with Crippen molar-refractivity contribution in [2.45, 2.75) is 18.6 Å². The fourth-order valence-corrected chi connectivity index (χ4v) is 3.63. The molecule has 0 saturated carbocycles. The molecule has 1 aromatic heterocycles. The molecule has 0 saturated heterocycles. The van der Waals surface area contributed by atoms with Gasteiger partial charge in [0.15, 0.2) is 16.8 Å². The van der Waals surface area contributed by atoms with Gasteiger partial charge in [-0.15, -0.1) is 10.2 Å². The molecule has 0 aliphatic rings. The first-order chi connectivity index (χ1) is 12.1. The van der Waals surface area contributed by atoms with Crippen LogP contribution in [0.15, 0.2) is 58.2 Å². The van der Waals surface area contributed by atoms with Crippen molar-refractivity contribution < 1.29 is 4.79 Å². The fraction of sp³-hybridized carbons (Fsp3) is 0.167. The number of rotatable bonds is 6. The van der Waals surface area contributed by atoms with Gasteiger partial charge >= 0.3 is 0 Å². The van der Waals surface area contributed by atoms with Crippen LogP contribution >= 0.6 is 39.3 Å². The third-order valence-electron chi connectivity index (χ3n) is 3.63. The summed E-state index contributed by atoms with van der Waals surface area (Å²) in [6.07, 6.45) is 0. The average Bonchev–Trinajstić information content (AvgIpc) is 3.04. The van der Waals surface area contributed by atoms with Crippen molar-refractivity contribution in [3.05, 3.63) is 63.6 Å². The zero-order valence-corrected chi connectivity index (χ0v) is 16.6. The molecule has 0 aliphatic carbocycles. The zero-order valence-electron chi connectivity index (χ0n) is 13.4. The molecule has 0 amide bonds. The van der Waals surface area contributed by atoms with E-state index in [9.17, 15) is 4.79 Å². The van der Waals surface area contributed by atoms with E-state index in [-0.39, 0.29) is 5.78 Å². The van der Waals surface area contributed by atoms with E-state index in [0.29, 0.717) is 16.3 Å². The minimum atomic E-state index is 0.0659. The smallest absolute Gasteiger partial charge is 0.191 e. The van der Waals surface area contributed by atoms with E-state index < -0.39 is 0 Å². The molecule has 0 N–H and O–H groups in total. The van der Waals surface area contributed by atoms with Gasteiger partial charge in [0.2, 0.25) is 0 Å². The maximum Gasteiger partial charge on any atom is 0.191 e. The Bertz CT molecular complexity index is 878. The molecule has 0 atom stereocenters. The highest BCUT2D eigenvalue weighted by atomic mass is 79.9. The average molecular weight is 437 g/mol. The SMILES string of the molecule is CCn1c(SCC(=O)c2ccc(Br)cc2)nnc1-c1ccc(Cl)cc1. The largest absolute Gasteiger partial charge is 0.302 e. The van der Waals surface area contributed by atoms with Gasteiger partial charge in [-0.3, -0.25) is 4.79 Å². The van der Waals surface area contributed by atoms with Crippen molar-refractivity contribution in [3.8, 4) is 11.4 Å². The Morgan fingerprint density at radius 2 is 1.80 bits per heavy atom. The van der Waals surface area contributed by atoms with Gasteiger partial charge in [0.05, 0.1) is 5.75 Å². The quantitative estimate of drug-likeness (QED) is 0.386. The normalized spacial score (nSPS) is 10.8. The van der Waals surface area contributed by atoms with Crippen LogP contribution < -0.4 is 0 Å². The summed E-state index contributed by atoms with van der Waals surface area (Å²) in [5, 5.41) is 9.95. The number of hydrogen-bond acceptors (Lipinski definition) is 4. The minimum Gasteiger partial charge on any atom is -0.302 e. The third-order valence-corrected chi connectivity index (χ3v) is 5.38. The number of carbonyl (C=O) groups excluding carboxylic acids is 1. The second-order valence-corrected chi connectivity index (χ2v) is 7.57. The summed E-state index contributed by atoms with van der Waals surface area (Å²) < 4.78 is 2.96. The van der Waals surface area contributed by atoms with Crippen LogP contribution in [-0.4, -0.2) is 26.3 Å². The predicted octanol–water partition coefficient (Wildman–Crippen LogP) is 5.36. The minimum absolute atomic E-state index is 0.0659. The second-order valence-electron chi connectivity index (χ2n) is 5.28. The summed E-state index contributed by atoms with van der Waals surface area (Å²) in [7, 11) is 0. The lowest BCUT2D eigenvalue weighted by Gasteiger charge is -2.07. The van der Waals surface area contributed by atoms with Crippen molar-refractivity contribution in [2.24, 2.45) is 0 Å². The molecule has 0 unspecified atom stereocenters. The van der Waals surface area contributed by atoms with Gasteiger partial charge in [-0.25, -0.2) is 0 Å². The number of benzene rings is 2. The van der Waals surface area contributed by atoms with E-state index >= 15 is 0 Å². The number of carbonyl (C=O) groups is 1.